The van der Waals surface area contributed by atoms with Crippen molar-refractivity contribution in [2.75, 3.05) is 18.0 Å². The third-order valence-corrected chi connectivity index (χ3v) is 5.56. The molecule has 0 saturated carbocycles. The zero-order chi connectivity index (χ0) is 20.2. The van der Waals surface area contributed by atoms with Gasteiger partial charge in [0.15, 0.2) is 5.88 Å². The molecule has 7 nitrogen and oxygen atoms in total. The molecule has 3 aromatic rings. The molecule has 9 heteroatoms. The molecule has 1 aliphatic rings. The van der Waals surface area contributed by atoms with Gasteiger partial charge in [-0.15, -0.1) is 10.2 Å². The number of benzene rings is 1. The number of aliphatic carboxylic acids is 1. The molecule has 0 bridgehead atoms. The molecule has 0 spiro atoms. The molecule has 0 amide bonds. The fourth-order valence-corrected chi connectivity index (χ4v) is 3.80. The number of halogens is 1. The van der Waals surface area contributed by atoms with E-state index in [1.165, 1.54) is 12.5 Å². The van der Waals surface area contributed by atoms with Crippen molar-refractivity contribution in [2.24, 2.45) is 0 Å². The monoisotopic (exact) mass is 431 g/mol. The Morgan fingerprint density at radius 1 is 1.07 bits per heavy atom. The van der Waals surface area contributed by atoms with E-state index in [-0.39, 0.29) is 10.1 Å². The number of furan rings is 1. The standard InChI is InChI=1S/C20H18ClN3O4S/c21-14-6-4-13(5-7-14)18-22-23-20(28-18)29-16(19(25)26)12-15-8-9-17(27-15)24-10-2-1-3-11-24/h4-9,12H,1-3,10-11H2,(H,25,26)/b16-12-. The van der Waals surface area contributed by atoms with Crippen molar-refractivity contribution in [3.05, 3.63) is 52.1 Å². The Morgan fingerprint density at radius 3 is 2.55 bits per heavy atom. The maximum atomic E-state index is 11.7. The van der Waals surface area contributed by atoms with Crippen LogP contribution in [0.3, 0.4) is 0 Å². The highest BCUT2D eigenvalue weighted by molar-refractivity contribution is 8.03. The van der Waals surface area contributed by atoms with E-state index in [4.69, 9.17) is 20.4 Å². The fraction of sp³-hybridized carbons (Fsp3) is 0.250. The fourth-order valence-electron chi connectivity index (χ4n) is 3.02. The van der Waals surface area contributed by atoms with Gasteiger partial charge in [0.2, 0.25) is 5.89 Å². The lowest BCUT2D eigenvalue weighted by atomic mass is 10.1. The Hall–Kier alpha value is -2.71. The number of piperidine rings is 1. The van der Waals surface area contributed by atoms with E-state index < -0.39 is 5.97 Å². The first-order valence-electron chi connectivity index (χ1n) is 9.15. The molecule has 3 heterocycles. The molecule has 1 aromatic carbocycles. The van der Waals surface area contributed by atoms with Crippen LogP contribution in [0, 0.1) is 0 Å². The number of hydrogen-bond donors (Lipinski definition) is 1. The summed E-state index contributed by atoms with van der Waals surface area (Å²) in [6.45, 7) is 1.90. The molecular weight excluding hydrogens is 414 g/mol. The third kappa shape index (κ3) is 4.83. The highest BCUT2D eigenvalue weighted by Gasteiger charge is 2.18. The minimum absolute atomic E-state index is 0.0239. The lowest BCUT2D eigenvalue weighted by molar-refractivity contribution is -0.131. The van der Waals surface area contributed by atoms with Crippen molar-refractivity contribution in [3.63, 3.8) is 0 Å². The Kier molecular flexibility index (Phi) is 5.92. The van der Waals surface area contributed by atoms with Crippen LogP contribution in [0.1, 0.15) is 25.0 Å². The second kappa shape index (κ2) is 8.75. The van der Waals surface area contributed by atoms with Crippen molar-refractivity contribution in [1.82, 2.24) is 10.2 Å². The molecule has 1 fully saturated rings. The normalized spacial score (nSPS) is 14.9. The van der Waals surface area contributed by atoms with Gasteiger partial charge in [0, 0.05) is 35.8 Å². The summed E-state index contributed by atoms with van der Waals surface area (Å²) in [5, 5.41) is 18.2. The highest BCUT2D eigenvalue weighted by atomic mass is 35.5. The van der Waals surface area contributed by atoms with Gasteiger partial charge < -0.3 is 18.8 Å². The smallest absolute Gasteiger partial charge is 0.342 e. The maximum absolute atomic E-state index is 11.7. The van der Waals surface area contributed by atoms with E-state index in [0.29, 0.717) is 22.2 Å². The Bertz CT molecular complexity index is 1020. The van der Waals surface area contributed by atoms with Gasteiger partial charge in [0.1, 0.15) is 10.7 Å². The zero-order valence-corrected chi connectivity index (χ0v) is 16.9. The van der Waals surface area contributed by atoms with E-state index >= 15 is 0 Å². The second-order valence-electron chi connectivity index (χ2n) is 6.52. The van der Waals surface area contributed by atoms with Gasteiger partial charge >= 0.3 is 5.97 Å². The van der Waals surface area contributed by atoms with Gasteiger partial charge in [0.25, 0.3) is 5.22 Å². The predicted molar refractivity (Wildman–Crippen MR) is 111 cm³/mol. The number of carboxylic acid groups (broad SMARTS) is 1. The molecule has 2 aromatic heterocycles. The SMILES string of the molecule is O=C(O)/C(=C/c1ccc(N2CCCCC2)o1)Sc1nnc(-c2ccc(Cl)cc2)o1. The number of rotatable bonds is 6. The number of nitrogens with zero attached hydrogens (tertiary/aromatic N) is 3. The van der Waals surface area contributed by atoms with Crippen LogP contribution in [0.15, 0.2) is 55.4 Å². The number of anilines is 1. The van der Waals surface area contributed by atoms with E-state index in [0.717, 1.165) is 43.6 Å². The molecule has 0 atom stereocenters. The average Bonchev–Trinajstić information content (AvgIpc) is 3.39. The van der Waals surface area contributed by atoms with E-state index in [1.807, 2.05) is 6.07 Å². The van der Waals surface area contributed by atoms with Crippen molar-refractivity contribution in [1.29, 1.82) is 0 Å². The van der Waals surface area contributed by atoms with Gasteiger partial charge in [-0.1, -0.05) is 11.6 Å². The van der Waals surface area contributed by atoms with Crippen LogP contribution in [-0.2, 0) is 4.79 Å². The van der Waals surface area contributed by atoms with Gasteiger partial charge in [-0.2, -0.15) is 0 Å². The summed E-state index contributed by atoms with van der Waals surface area (Å²) in [7, 11) is 0. The summed E-state index contributed by atoms with van der Waals surface area (Å²) < 4.78 is 11.4. The summed E-state index contributed by atoms with van der Waals surface area (Å²) in [4.78, 5) is 13.9. The Labute approximate surface area is 176 Å². The van der Waals surface area contributed by atoms with Gasteiger partial charge in [0.05, 0.1) is 0 Å². The van der Waals surface area contributed by atoms with Crippen molar-refractivity contribution >= 4 is 41.3 Å². The van der Waals surface area contributed by atoms with Crippen LogP contribution >= 0.6 is 23.4 Å². The number of hydrogen-bond acceptors (Lipinski definition) is 7. The minimum atomic E-state index is -1.10. The van der Waals surface area contributed by atoms with Crippen LogP contribution in [0.5, 0.6) is 0 Å². The Morgan fingerprint density at radius 2 is 1.83 bits per heavy atom. The van der Waals surface area contributed by atoms with Crippen molar-refractivity contribution < 1.29 is 18.7 Å². The lowest BCUT2D eigenvalue weighted by Crippen LogP contribution is -2.28. The molecule has 4 rings (SSSR count). The quantitative estimate of drug-likeness (QED) is 0.421. The van der Waals surface area contributed by atoms with Crippen LogP contribution in [0.25, 0.3) is 17.5 Å². The van der Waals surface area contributed by atoms with Crippen molar-refractivity contribution in [2.45, 2.75) is 24.5 Å². The molecular formula is C20H18ClN3O4S. The summed E-state index contributed by atoms with van der Waals surface area (Å²) in [5.41, 5.74) is 0.701. The summed E-state index contributed by atoms with van der Waals surface area (Å²) in [5.74, 6) is 0.415. The minimum Gasteiger partial charge on any atom is -0.477 e. The highest BCUT2D eigenvalue weighted by Crippen LogP contribution is 2.31. The van der Waals surface area contributed by atoms with Crippen LogP contribution in [0.4, 0.5) is 5.88 Å². The summed E-state index contributed by atoms with van der Waals surface area (Å²) in [6.07, 6.45) is 4.96. The molecule has 1 saturated heterocycles. The van der Waals surface area contributed by atoms with E-state index in [9.17, 15) is 9.90 Å². The first-order valence-corrected chi connectivity index (χ1v) is 10.3. The van der Waals surface area contributed by atoms with Crippen LogP contribution < -0.4 is 4.90 Å². The average molecular weight is 432 g/mol. The van der Waals surface area contributed by atoms with Gasteiger partial charge in [-0.25, -0.2) is 4.79 Å². The summed E-state index contributed by atoms with van der Waals surface area (Å²) >= 11 is 6.76. The molecule has 0 unspecified atom stereocenters. The number of thioether (sulfide) groups is 1. The van der Waals surface area contributed by atoms with Crippen LogP contribution in [0.2, 0.25) is 5.02 Å². The first-order chi connectivity index (χ1) is 14.1. The number of carbonyl (C=O) groups is 1. The van der Waals surface area contributed by atoms with Crippen LogP contribution in [-0.4, -0.2) is 34.4 Å². The molecule has 0 radical (unpaired) electrons. The van der Waals surface area contributed by atoms with E-state index in [1.54, 1.807) is 30.3 Å². The lowest BCUT2D eigenvalue weighted by Gasteiger charge is -2.25. The molecule has 1 N–H and O–H groups in total. The molecule has 1 aliphatic heterocycles. The molecule has 150 valence electrons. The number of aromatic nitrogens is 2. The predicted octanol–water partition coefficient (Wildman–Crippen LogP) is 5.19. The topological polar surface area (TPSA) is 92.6 Å². The van der Waals surface area contributed by atoms with Crippen molar-refractivity contribution in [3.8, 4) is 11.5 Å². The molecule has 29 heavy (non-hydrogen) atoms. The number of carboxylic acids is 1. The van der Waals surface area contributed by atoms with E-state index in [2.05, 4.69) is 15.1 Å². The summed E-state index contributed by atoms with van der Waals surface area (Å²) in [6, 6.07) is 10.6. The third-order valence-electron chi connectivity index (χ3n) is 4.46. The molecule has 0 aliphatic carbocycles. The second-order valence-corrected chi connectivity index (χ2v) is 7.95. The van der Waals surface area contributed by atoms with Gasteiger partial charge in [-0.3, -0.25) is 0 Å². The zero-order valence-electron chi connectivity index (χ0n) is 15.4. The van der Waals surface area contributed by atoms with Gasteiger partial charge in [-0.05, 0) is 61.4 Å². The largest absolute Gasteiger partial charge is 0.477 e. The maximum Gasteiger partial charge on any atom is 0.342 e. The Balaban J connectivity index is 1.50. The first kappa shape index (κ1) is 19.6.